The first-order valence-electron chi connectivity index (χ1n) is 6.44. The summed E-state index contributed by atoms with van der Waals surface area (Å²) in [5.74, 6) is -0.177. The number of carbonyl (C=O) groups is 1. The first-order valence-corrected chi connectivity index (χ1v) is 7.26. The van der Waals surface area contributed by atoms with E-state index in [0.717, 1.165) is 26.5 Å². The minimum atomic E-state index is -0.926. The highest BCUT2D eigenvalue weighted by molar-refractivity contribution is 7.18. The van der Waals surface area contributed by atoms with E-state index in [-0.39, 0.29) is 5.56 Å². The maximum absolute atomic E-state index is 10.8. The Kier molecular flexibility index (Phi) is 3.58. The molecule has 106 valence electrons. The van der Waals surface area contributed by atoms with E-state index in [1.807, 2.05) is 25.1 Å². The van der Waals surface area contributed by atoms with Gasteiger partial charge in [0.25, 0.3) is 0 Å². The van der Waals surface area contributed by atoms with Gasteiger partial charge < -0.3 is 9.84 Å². The predicted molar refractivity (Wildman–Crippen MR) is 82.1 cm³/mol. The van der Waals surface area contributed by atoms with Crippen LogP contribution in [0.1, 0.15) is 20.9 Å². The van der Waals surface area contributed by atoms with Crippen LogP contribution in [0.15, 0.2) is 42.5 Å². The number of hydrogen-bond acceptors (Lipinski definition) is 4. The van der Waals surface area contributed by atoms with E-state index >= 15 is 0 Å². The van der Waals surface area contributed by atoms with Crippen LogP contribution < -0.4 is 4.74 Å². The molecule has 0 aliphatic carbocycles. The van der Waals surface area contributed by atoms with Gasteiger partial charge in [-0.25, -0.2) is 9.78 Å². The molecule has 0 spiro atoms. The van der Waals surface area contributed by atoms with Crippen molar-refractivity contribution in [1.82, 2.24) is 4.98 Å². The maximum atomic E-state index is 10.8. The highest BCUT2D eigenvalue weighted by Gasteiger charge is 2.07. The number of hydrogen-bond donors (Lipinski definition) is 1. The fourth-order valence-corrected chi connectivity index (χ4v) is 2.90. The van der Waals surface area contributed by atoms with Crippen molar-refractivity contribution in [2.24, 2.45) is 0 Å². The quantitative estimate of drug-likeness (QED) is 0.794. The summed E-state index contributed by atoms with van der Waals surface area (Å²) >= 11 is 1.64. The molecular formula is C16H13NO3S. The molecule has 3 aromatic rings. The molecule has 0 fully saturated rings. The number of aryl methyl sites for hydroxylation is 1. The zero-order valence-electron chi connectivity index (χ0n) is 11.4. The first kappa shape index (κ1) is 13.6. The highest BCUT2D eigenvalue weighted by atomic mass is 32.1. The Morgan fingerprint density at radius 1 is 1.24 bits per heavy atom. The zero-order chi connectivity index (χ0) is 14.8. The summed E-state index contributed by atoms with van der Waals surface area (Å²) in [7, 11) is 0. The van der Waals surface area contributed by atoms with Crippen molar-refractivity contribution in [2.75, 3.05) is 0 Å². The zero-order valence-corrected chi connectivity index (χ0v) is 12.2. The fraction of sp³-hybridized carbons (Fsp3) is 0.125. The normalized spacial score (nSPS) is 10.7. The Hall–Kier alpha value is -2.40. The molecule has 0 aliphatic heterocycles. The van der Waals surface area contributed by atoms with E-state index in [9.17, 15) is 4.79 Å². The van der Waals surface area contributed by atoms with E-state index in [0.29, 0.717) is 6.61 Å². The van der Waals surface area contributed by atoms with Crippen LogP contribution in [-0.4, -0.2) is 16.1 Å². The molecule has 0 atom stereocenters. The van der Waals surface area contributed by atoms with Crippen molar-refractivity contribution in [3.05, 3.63) is 58.6 Å². The Labute approximate surface area is 125 Å². The Morgan fingerprint density at radius 2 is 2.00 bits per heavy atom. The number of nitrogens with zero attached hydrogens (tertiary/aromatic N) is 1. The lowest BCUT2D eigenvalue weighted by Crippen LogP contribution is -1.99. The Bertz CT molecular complexity index is 793. The average Bonchev–Trinajstić information content (AvgIpc) is 2.86. The minimum Gasteiger partial charge on any atom is -0.487 e. The lowest BCUT2D eigenvalue weighted by atomic mass is 10.1. The van der Waals surface area contributed by atoms with Gasteiger partial charge in [0.2, 0.25) is 0 Å². The van der Waals surface area contributed by atoms with Gasteiger partial charge in [-0.3, -0.25) is 0 Å². The number of para-hydroxylation sites is 1. The van der Waals surface area contributed by atoms with Gasteiger partial charge in [0, 0.05) is 0 Å². The largest absolute Gasteiger partial charge is 0.487 e. The third-order valence-corrected chi connectivity index (χ3v) is 4.02. The summed E-state index contributed by atoms with van der Waals surface area (Å²) in [6, 6.07) is 12.5. The predicted octanol–water partition coefficient (Wildman–Crippen LogP) is 3.88. The standard InChI is InChI=1S/C16H13NO3S/c1-10-17-15-13(3-2-4-14(15)21-10)20-9-11-5-7-12(8-6-11)16(18)19/h2-8H,9H2,1H3,(H,18,19). The molecule has 21 heavy (non-hydrogen) atoms. The summed E-state index contributed by atoms with van der Waals surface area (Å²) in [6.45, 7) is 2.36. The van der Waals surface area contributed by atoms with E-state index in [1.54, 1.807) is 35.6 Å². The molecule has 0 amide bonds. The first-order chi connectivity index (χ1) is 10.1. The summed E-state index contributed by atoms with van der Waals surface area (Å²) in [6.07, 6.45) is 0. The molecule has 4 nitrogen and oxygen atoms in total. The van der Waals surface area contributed by atoms with Crippen LogP contribution in [0, 0.1) is 6.92 Å². The van der Waals surface area contributed by atoms with Crippen LogP contribution in [0.25, 0.3) is 10.2 Å². The number of aromatic nitrogens is 1. The third kappa shape index (κ3) is 2.87. The van der Waals surface area contributed by atoms with E-state index in [4.69, 9.17) is 9.84 Å². The summed E-state index contributed by atoms with van der Waals surface area (Å²) in [5.41, 5.74) is 2.07. The monoisotopic (exact) mass is 299 g/mol. The summed E-state index contributed by atoms with van der Waals surface area (Å²) < 4.78 is 6.92. The minimum absolute atomic E-state index is 0.274. The Balaban J connectivity index is 1.78. The van der Waals surface area contributed by atoms with Crippen LogP contribution in [0.3, 0.4) is 0 Å². The number of carboxylic acids is 1. The molecule has 0 radical (unpaired) electrons. The van der Waals surface area contributed by atoms with Gasteiger partial charge in [-0.1, -0.05) is 18.2 Å². The van der Waals surface area contributed by atoms with Crippen LogP contribution in [0.2, 0.25) is 0 Å². The van der Waals surface area contributed by atoms with Crippen LogP contribution in [0.5, 0.6) is 5.75 Å². The van der Waals surface area contributed by atoms with Crippen molar-refractivity contribution in [3.8, 4) is 5.75 Å². The van der Waals surface area contributed by atoms with Crippen molar-refractivity contribution in [1.29, 1.82) is 0 Å². The van der Waals surface area contributed by atoms with Crippen LogP contribution in [0.4, 0.5) is 0 Å². The van der Waals surface area contributed by atoms with Gasteiger partial charge >= 0.3 is 5.97 Å². The van der Waals surface area contributed by atoms with Crippen LogP contribution >= 0.6 is 11.3 Å². The summed E-state index contributed by atoms with van der Waals surface area (Å²) in [5, 5.41) is 9.87. The smallest absolute Gasteiger partial charge is 0.335 e. The highest BCUT2D eigenvalue weighted by Crippen LogP contribution is 2.29. The molecular weight excluding hydrogens is 286 g/mol. The van der Waals surface area contributed by atoms with Gasteiger partial charge in [0.15, 0.2) is 0 Å². The molecule has 5 heteroatoms. The molecule has 1 N–H and O–H groups in total. The lowest BCUT2D eigenvalue weighted by Gasteiger charge is -2.07. The maximum Gasteiger partial charge on any atom is 0.335 e. The van der Waals surface area contributed by atoms with Crippen molar-refractivity contribution in [2.45, 2.75) is 13.5 Å². The molecule has 0 saturated heterocycles. The van der Waals surface area contributed by atoms with Gasteiger partial charge in [-0.05, 0) is 36.8 Å². The SMILES string of the molecule is Cc1nc2c(OCc3ccc(C(=O)O)cc3)cccc2s1. The topological polar surface area (TPSA) is 59.4 Å². The number of rotatable bonds is 4. The molecule has 0 bridgehead atoms. The molecule has 0 saturated carbocycles. The summed E-state index contributed by atoms with van der Waals surface area (Å²) in [4.78, 5) is 15.3. The molecule has 3 rings (SSSR count). The van der Waals surface area contributed by atoms with Gasteiger partial charge in [0.05, 0.1) is 15.3 Å². The number of fused-ring (bicyclic) bond motifs is 1. The second-order valence-electron chi connectivity index (χ2n) is 4.63. The second kappa shape index (κ2) is 5.54. The van der Waals surface area contributed by atoms with E-state index < -0.39 is 5.97 Å². The number of benzene rings is 2. The molecule has 1 aromatic heterocycles. The van der Waals surface area contributed by atoms with E-state index in [2.05, 4.69) is 4.98 Å². The number of ether oxygens (including phenoxy) is 1. The number of carboxylic acid groups (broad SMARTS) is 1. The van der Waals surface area contributed by atoms with E-state index in [1.165, 1.54) is 0 Å². The molecule has 1 heterocycles. The van der Waals surface area contributed by atoms with Crippen molar-refractivity contribution in [3.63, 3.8) is 0 Å². The van der Waals surface area contributed by atoms with Crippen molar-refractivity contribution < 1.29 is 14.6 Å². The number of thiazole rings is 1. The Morgan fingerprint density at radius 3 is 2.71 bits per heavy atom. The molecule has 0 aliphatic rings. The van der Waals surface area contributed by atoms with Gasteiger partial charge in [0.1, 0.15) is 17.9 Å². The third-order valence-electron chi connectivity index (χ3n) is 3.08. The average molecular weight is 299 g/mol. The van der Waals surface area contributed by atoms with Gasteiger partial charge in [-0.15, -0.1) is 11.3 Å². The van der Waals surface area contributed by atoms with Crippen LogP contribution in [-0.2, 0) is 6.61 Å². The van der Waals surface area contributed by atoms with Crippen molar-refractivity contribution >= 4 is 27.5 Å². The van der Waals surface area contributed by atoms with Gasteiger partial charge in [-0.2, -0.15) is 0 Å². The lowest BCUT2D eigenvalue weighted by molar-refractivity contribution is 0.0697. The fourth-order valence-electron chi connectivity index (χ4n) is 2.06. The molecule has 0 unspecified atom stereocenters. The number of aromatic carboxylic acids is 1. The second-order valence-corrected chi connectivity index (χ2v) is 5.86. The molecule has 2 aromatic carbocycles.